The van der Waals surface area contributed by atoms with Crippen molar-refractivity contribution in [2.24, 2.45) is 5.92 Å². The highest BCUT2D eigenvalue weighted by molar-refractivity contribution is 5.73. The van der Waals surface area contributed by atoms with E-state index in [0.29, 0.717) is 12.0 Å². The van der Waals surface area contributed by atoms with E-state index in [-0.39, 0.29) is 6.03 Å². The molecule has 1 aliphatic heterocycles. The van der Waals surface area contributed by atoms with Gasteiger partial charge >= 0.3 is 6.03 Å². The van der Waals surface area contributed by atoms with Gasteiger partial charge in [-0.05, 0) is 63.2 Å². The van der Waals surface area contributed by atoms with Crippen LogP contribution in [0.15, 0.2) is 36.2 Å². The van der Waals surface area contributed by atoms with E-state index in [4.69, 9.17) is 0 Å². The highest BCUT2D eigenvalue weighted by Gasteiger charge is 2.34. The maximum Gasteiger partial charge on any atom is 0.317 e. The van der Waals surface area contributed by atoms with Gasteiger partial charge < -0.3 is 10.2 Å². The average molecular weight is 342 g/mol. The number of aromatic nitrogens is 1. The van der Waals surface area contributed by atoms with E-state index < -0.39 is 0 Å². The minimum absolute atomic E-state index is 0.0399. The largest absolute Gasteiger partial charge is 0.338 e. The molecule has 1 N–H and O–H groups in total. The number of hydrogen-bond acceptors (Lipinski definition) is 3. The smallest absolute Gasteiger partial charge is 0.317 e. The first-order valence-electron chi connectivity index (χ1n) is 9.42. The summed E-state index contributed by atoms with van der Waals surface area (Å²) in [6.45, 7) is 2.58. The minimum atomic E-state index is 0.0399. The van der Waals surface area contributed by atoms with E-state index in [1.54, 1.807) is 0 Å². The van der Waals surface area contributed by atoms with Gasteiger partial charge in [0.1, 0.15) is 0 Å². The number of allylic oxidation sites excluding steroid dienone is 1. The molecule has 3 rings (SSSR count). The summed E-state index contributed by atoms with van der Waals surface area (Å²) in [5, 5.41) is 3.07. The summed E-state index contributed by atoms with van der Waals surface area (Å²) in [5.41, 5.74) is 2.74. The van der Waals surface area contributed by atoms with Crippen LogP contribution in [0.4, 0.5) is 4.79 Å². The standard InChI is InChI=1S/C20H30N4O/c1-23-13-10-18(19(23)17-8-5-11-21-14-17)15-24(2)20(25)22-12-9-16-6-3-4-7-16/h5-6,8,11,14,18-19H,3-4,7,9-10,12-13,15H2,1-2H3,(H,22,25)/t18-,19-/m0/s1. The highest BCUT2D eigenvalue weighted by atomic mass is 16.2. The Balaban J connectivity index is 1.50. The van der Waals surface area contributed by atoms with Crippen molar-refractivity contribution in [3.63, 3.8) is 0 Å². The maximum absolute atomic E-state index is 12.4. The molecular formula is C20H30N4O. The Kier molecular flexibility index (Phi) is 6.08. The fraction of sp³-hybridized carbons (Fsp3) is 0.600. The van der Waals surface area contributed by atoms with Gasteiger partial charge in [-0.3, -0.25) is 9.88 Å². The number of rotatable bonds is 6. The molecule has 2 aliphatic rings. The molecule has 0 aromatic carbocycles. The van der Waals surface area contributed by atoms with Gasteiger partial charge in [-0.1, -0.05) is 17.7 Å². The molecule has 5 heteroatoms. The molecule has 1 aromatic rings. The Morgan fingerprint density at radius 2 is 2.36 bits per heavy atom. The predicted octanol–water partition coefficient (Wildman–Crippen LogP) is 3.22. The number of nitrogens with zero attached hydrogens (tertiary/aromatic N) is 3. The van der Waals surface area contributed by atoms with Crippen LogP contribution in [-0.2, 0) is 0 Å². The van der Waals surface area contributed by atoms with Crippen molar-refractivity contribution in [1.82, 2.24) is 20.1 Å². The lowest BCUT2D eigenvalue weighted by Gasteiger charge is -2.28. The van der Waals surface area contributed by atoms with Crippen LogP contribution >= 0.6 is 0 Å². The number of pyridine rings is 1. The number of nitrogens with one attached hydrogen (secondary N) is 1. The fourth-order valence-corrected chi connectivity index (χ4v) is 4.16. The molecule has 0 spiro atoms. The van der Waals surface area contributed by atoms with Crippen molar-refractivity contribution >= 4 is 6.03 Å². The van der Waals surface area contributed by atoms with Crippen LogP contribution in [0.2, 0.25) is 0 Å². The average Bonchev–Trinajstić information content (AvgIpc) is 3.25. The predicted molar refractivity (Wildman–Crippen MR) is 100 cm³/mol. The van der Waals surface area contributed by atoms with Gasteiger partial charge in [0, 0.05) is 38.6 Å². The first kappa shape index (κ1) is 17.9. The van der Waals surface area contributed by atoms with Crippen molar-refractivity contribution in [3.8, 4) is 0 Å². The third-order valence-electron chi connectivity index (χ3n) is 5.51. The van der Waals surface area contributed by atoms with Crippen LogP contribution in [0.3, 0.4) is 0 Å². The topological polar surface area (TPSA) is 48.5 Å². The summed E-state index contributed by atoms with van der Waals surface area (Å²) in [6.07, 6.45) is 11.9. The number of amides is 2. The molecule has 2 amide bonds. The van der Waals surface area contributed by atoms with Gasteiger partial charge in [-0.25, -0.2) is 4.79 Å². The number of carbonyl (C=O) groups is 1. The second kappa shape index (κ2) is 8.48. The monoisotopic (exact) mass is 342 g/mol. The van der Waals surface area contributed by atoms with E-state index in [2.05, 4.69) is 34.4 Å². The summed E-state index contributed by atoms with van der Waals surface area (Å²) in [7, 11) is 4.07. The van der Waals surface area contributed by atoms with Crippen LogP contribution in [0, 0.1) is 5.92 Å². The number of urea groups is 1. The Hall–Kier alpha value is -1.88. The van der Waals surface area contributed by atoms with Crippen LogP contribution in [0.25, 0.3) is 0 Å². The minimum Gasteiger partial charge on any atom is -0.338 e. The molecule has 1 saturated heterocycles. The Bertz CT molecular complexity index is 601. The van der Waals surface area contributed by atoms with Crippen LogP contribution < -0.4 is 5.32 Å². The SMILES string of the molecule is CN(C[C@@H]1CCN(C)[C@H]1c1cccnc1)C(=O)NCCC1=CCCC1. The quantitative estimate of drug-likeness (QED) is 0.808. The molecule has 1 fully saturated rings. The maximum atomic E-state index is 12.4. The van der Waals surface area contributed by atoms with Crippen molar-refractivity contribution in [2.45, 2.75) is 38.1 Å². The first-order valence-corrected chi connectivity index (χ1v) is 9.42. The molecule has 25 heavy (non-hydrogen) atoms. The number of likely N-dealkylation sites (tertiary alicyclic amines) is 1. The van der Waals surface area contributed by atoms with E-state index in [0.717, 1.165) is 32.5 Å². The zero-order chi connectivity index (χ0) is 17.6. The molecule has 0 radical (unpaired) electrons. The van der Waals surface area contributed by atoms with Gasteiger partial charge in [0.25, 0.3) is 0 Å². The third-order valence-corrected chi connectivity index (χ3v) is 5.51. The summed E-state index contributed by atoms with van der Waals surface area (Å²) < 4.78 is 0. The van der Waals surface area contributed by atoms with Gasteiger partial charge in [-0.2, -0.15) is 0 Å². The van der Waals surface area contributed by atoms with E-state index in [9.17, 15) is 4.79 Å². The zero-order valence-corrected chi connectivity index (χ0v) is 15.4. The molecule has 136 valence electrons. The molecule has 0 unspecified atom stereocenters. The Morgan fingerprint density at radius 1 is 1.48 bits per heavy atom. The molecular weight excluding hydrogens is 312 g/mol. The van der Waals surface area contributed by atoms with Crippen molar-refractivity contribution in [3.05, 3.63) is 41.7 Å². The van der Waals surface area contributed by atoms with Gasteiger partial charge in [-0.15, -0.1) is 0 Å². The van der Waals surface area contributed by atoms with E-state index >= 15 is 0 Å². The highest BCUT2D eigenvalue weighted by Crippen LogP contribution is 2.36. The van der Waals surface area contributed by atoms with E-state index in [1.807, 2.05) is 30.4 Å². The normalized spacial score (nSPS) is 23.5. The second-order valence-corrected chi connectivity index (χ2v) is 7.38. The number of hydrogen-bond donors (Lipinski definition) is 1. The molecule has 2 atom stereocenters. The van der Waals surface area contributed by atoms with Crippen molar-refractivity contribution < 1.29 is 4.79 Å². The van der Waals surface area contributed by atoms with Gasteiger partial charge in [0.05, 0.1) is 0 Å². The molecule has 0 bridgehead atoms. The van der Waals surface area contributed by atoms with Crippen LogP contribution in [-0.4, -0.2) is 54.5 Å². The molecule has 1 aromatic heterocycles. The van der Waals surface area contributed by atoms with Gasteiger partial charge in [0.15, 0.2) is 0 Å². The van der Waals surface area contributed by atoms with Crippen molar-refractivity contribution in [1.29, 1.82) is 0 Å². The fourth-order valence-electron chi connectivity index (χ4n) is 4.16. The Labute approximate surface area is 151 Å². The lowest BCUT2D eigenvalue weighted by molar-refractivity contribution is 0.189. The number of carbonyl (C=O) groups excluding carboxylic acids is 1. The van der Waals surface area contributed by atoms with Gasteiger partial charge in [0.2, 0.25) is 0 Å². The van der Waals surface area contributed by atoms with Crippen molar-refractivity contribution in [2.75, 3.05) is 33.7 Å². The summed E-state index contributed by atoms with van der Waals surface area (Å²) in [5.74, 6) is 0.447. The molecule has 1 aliphatic carbocycles. The summed E-state index contributed by atoms with van der Waals surface area (Å²) >= 11 is 0. The zero-order valence-electron chi connectivity index (χ0n) is 15.4. The first-order chi connectivity index (χ1) is 12.1. The second-order valence-electron chi connectivity index (χ2n) is 7.38. The van der Waals surface area contributed by atoms with Crippen LogP contribution in [0.5, 0.6) is 0 Å². The molecule has 2 heterocycles. The summed E-state index contributed by atoms with van der Waals surface area (Å²) in [4.78, 5) is 20.9. The molecule has 5 nitrogen and oxygen atoms in total. The molecule has 0 saturated carbocycles. The lowest BCUT2D eigenvalue weighted by Crippen LogP contribution is -2.41. The lowest BCUT2D eigenvalue weighted by atomic mass is 9.94. The summed E-state index contributed by atoms with van der Waals surface area (Å²) in [6, 6.07) is 4.51. The third kappa shape index (κ3) is 4.60. The Morgan fingerprint density at radius 3 is 3.08 bits per heavy atom. The van der Waals surface area contributed by atoms with E-state index in [1.165, 1.54) is 30.4 Å². The van der Waals surface area contributed by atoms with Crippen LogP contribution in [0.1, 0.15) is 43.7 Å².